The van der Waals surface area contributed by atoms with Crippen molar-refractivity contribution >= 4 is 22.9 Å². The zero-order valence-corrected chi connectivity index (χ0v) is 13.2. The first-order chi connectivity index (χ1) is 11.1. The van der Waals surface area contributed by atoms with Crippen LogP contribution in [0.5, 0.6) is 0 Å². The van der Waals surface area contributed by atoms with E-state index < -0.39 is 17.0 Å². The molecule has 3 rings (SSSR count). The predicted molar refractivity (Wildman–Crippen MR) is 82.9 cm³/mol. The Labute approximate surface area is 135 Å². The minimum absolute atomic E-state index is 0.0629. The van der Waals surface area contributed by atoms with E-state index >= 15 is 0 Å². The number of aromatic nitrogens is 1. The normalized spacial score (nSPS) is 16.3. The molecule has 7 heteroatoms. The number of fused-ring (bicyclic) bond motifs is 1. The van der Waals surface area contributed by atoms with E-state index in [1.165, 1.54) is 4.31 Å². The van der Waals surface area contributed by atoms with Gasteiger partial charge in [0.2, 0.25) is 0 Å². The van der Waals surface area contributed by atoms with E-state index in [1.807, 2.05) is 0 Å². The summed E-state index contributed by atoms with van der Waals surface area (Å²) in [6.07, 6.45) is 0. The predicted octanol–water partition coefficient (Wildman–Crippen LogP) is 1.94. The van der Waals surface area contributed by atoms with Crippen molar-refractivity contribution in [2.45, 2.75) is 18.4 Å². The van der Waals surface area contributed by atoms with Crippen LogP contribution in [0.2, 0.25) is 0 Å². The smallest absolute Gasteiger partial charge is 0.356 e. The summed E-state index contributed by atoms with van der Waals surface area (Å²) < 4.78 is 18.6. The second kappa shape index (κ2) is 6.29. The average Bonchev–Trinajstić information content (AvgIpc) is 2.81. The number of carbonyl (C=O) groups excluding carboxylic acids is 2. The van der Waals surface area contributed by atoms with Gasteiger partial charge in [0.05, 0.1) is 29.3 Å². The van der Waals surface area contributed by atoms with E-state index in [0.29, 0.717) is 16.2 Å². The van der Waals surface area contributed by atoms with Gasteiger partial charge in [-0.15, -0.1) is 0 Å². The van der Waals surface area contributed by atoms with Crippen LogP contribution >= 0.6 is 0 Å². The fraction of sp³-hybridized carbons (Fsp3) is 0.188. The Morgan fingerprint density at radius 3 is 2.74 bits per heavy atom. The molecule has 0 aliphatic carbocycles. The van der Waals surface area contributed by atoms with Crippen LogP contribution in [0.25, 0.3) is 0 Å². The van der Waals surface area contributed by atoms with Gasteiger partial charge < -0.3 is 4.74 Å². The van der Waals surface area contributed by atoms with Crippen molar-refractivity contribution in [3.05, 3.63) is 59.4 Å². The van der Waals surface area contributed by atoms with Crippen LogP contribution in [0.4, 0.5) is 0 Å². The number of hydrogen-bond acceptors (Lipinski definition) is 5. The molecular formula is C16H14N2O4S. The topological polar surface area (TPSA) is 76.6 Å². The molecule has 0 N–H and O–H groups in total. The van der Waals surface area contributed by atoms with Crippen molar-refractivity contribution in [3.8, 4) is 0 Å². The lowest BCUT2D eigenvalue weighted by molar-refractivity contribution is 0.0519. The first-order valence-electron chi connectivity index (χ1n) is 7.07. The molecule has 0 fully saturated rings. The Morgan fingerprint density at radius 2 is 2.00 bits per heavy atom. The Kier molecular flexibility index (Phi) is 4.20. The van der Waals surface area contributed by atoms with Crippen molar-refractivity contribution in [1.29, 1.82) is 0 Å². The first kappa shape index (κ1) is 15.4. The van der Waals surface area contributed by atoms with E-state index in [9.17, 15) is 13.8 Å². The number of rotatable bonds is 4. The van der Waals surface area contributed by atoms with Crippen LogP contribution < -0.4 is 0 Å². The number of pyridine rings is 1. The minimum atomic E-state index is -1.56. The Hall–Kier alpha value is -2.54. The highest BCUT2D eigenvalue weighted by Crippen LogP contribution is 2.27. The molecule has 1 aliphatic rings. The van der Waals surface area contributed by atoms with Crippen LogP contribution in [-0.4, -0.2) is 32.0 Å². The summed E-state index contributed by atoms with van der Waals surface area (Å²) >= 11 is 0. The highest BCUT2D eigenvalue weighted by Gasteiger charge is 2.34. The van der Waals surface area contributed by atoms with Gasteiger partial charge in [-0.2, -0.15) is 0 Å². The van der Waals surface area contributed by atoms with Gasteiger partial charge in [0.1, 0.15) is 5.69 Å². The number of nitrogens with zero attached hydrogens (tertiary/aromatic N) is 2. The van der Waals surface area contributed by atoms with Gasteiger partial charge in [-0.25, -0.2) is 18.3 Å². The fourth-order valence-electron chi connectivity index (χ4n) is 2.29. The van der Waals surface area contributed by atoms with E-state index in [1.54, 1.807) is 49.4 Å². The van der Waals surface area contributed by atoms with Gasteiger partial charge in [-0.1, -0.05) is 18.2 Å². The van der Waals surface area contributed by atoms with E-state index in [4.69, 9.17) is 4.74 Å². The highest BCUT2D eigenvalue weighted by atomic mass is 32.2. The van der Waals surface area contributed by atoms with Gasteiger partial charge in [-0.05, 0) is 31.2 Å². The molecule has 1 unspecified atom stereocenters. The third-order valence-corrected chi connectivity index (χ3v) is 4.76. The molecule has 1 aromatic carbocycles. The summed E-state index contributed by atoms with van der Waals surface area (Å²) in [7, 11) is -1.56. The monoisotopic (exact) mass is 330 g/mol. The molecule has 1 amide bonds. The molecule has 0 spiro atoms. The van der Waals surface area contributed by atoms with Crippen LogP contribution in [0.15, 0.2) is 47.4 Å². The van der Waals surface area contributed by atoms with Crippen LogP contribution in [0.1, 0.15) is 33.5 Å². The largest absolute Gasteiger partial charge is 0.461 e. The molecule has 0 saturated heterocycles. The van der Waals surface area contributed by atoms with Gasteiger partial charge >= 0.3 is 5.97 Å². The Bertz CT molecular complexity index is 771. The van der Waals surface area contributed by atoms with Crippen LogP contribution in [0, 0.1) is 0 Å². The summed E-state index contributed by atoms with van der Waals surface area (Å²) in [6, 6.07) is 11.7. The van der Waals surface area contributed by atoms with E-state index in [-0.39, 0.29) is 24.8 Å². The summed E-state index contributed by atoms with van der Waals surface area (Å²) in [5.41, 5.74) is 1.08. The van der Waals surface area contributed by atoms with Gasteiger partial charge in [0.15, 0.2) is 11.0 Å². The molecule has 118 valence electrons. The zero-order valence-electron chi connectivity index (χ0n) is 12.4. The lowest BCUT2D eigenvalue weighted by atomic mass is 10.2. The number of amides is 1. The Balaban J connectivity index is 1.84. The van der Waals surface area contributed by atoms with Crippen LogP contribution in [-0.2, 0) is 22.3 Å². The second-order valence-corrected chi connectivity index (χ2v) is 6.20. The summed E-state index contributed by atoms with van der Waals surface area (Å²) in [5, 5.41) is 0. The van der Waals surface area contributed by atoms with E-state index in [2.05, 4.69) is 4.98 Å². The molecule has 0 radical (unpaired) electrons. The molecule has 2 aromatic rings. The fourth-order valence-corrected chi connectivity index (χ4v) is 3.56. The van der Waals surface area contributed by atoms with Crippen LogP contribution in [0.3, 0.4) is 0 Å². The Morgan fingerprint density at radius 1 is 1.22 bits per heavy atom. The van der Waals surface area contributed by atoms with Gasteiger partial charge in [0, 0.05) is 0 Å². The number of ether oxygens (including phenoxy) is 1. The van der Waals surface area contributed by atoms with Gasteiger partial charge in [-0.3, -0.25) is 4.79 Å². The van der Waals surface area contributed by atoms with Crippen molar-refractivity contribution in [1.82, 2.24) is 9.29 Å². The molecule has 2 heterocycles. The third kappa shape index (κ3) is 2.87. The lowest BCUT2D eigenvalue weighted by Crippen LogP contribution is -2.26. The third-order valence-electron chi connectivity index (χ3n) is 3.33. The first-order valence-corrected chi connectivity index (χ1v) is 8.18. The van der Waals surface area contributed by atoms with Crippen molar-refractivity contribution in [2.75, 3.05) is 6.61 Å². The molecule has 1 aromatic heterocycles. The standard InChI is InChI=1S/C16H14N2O4S/c1-2-22-16(20)13-8-5-6-11(17-13)10-18-15(19)12-7-3-4-9-14(12)23(18)21/h3-9H,2,10H2,1H3. The molecular weight excluding hydrogens is 316 g/mol. The molecule has 1 aliphatic heterocycles. The second-order valence-electron chi connectivity index (χ2n) is 4.82. The number of hydrogen-bond donors (Lipinski definition) is 0. The quantitative estimate of drug-likeness (QED) is 0.801. The summed E-state index contributed by atoms with van der Waals surface area (Å²) in [6.45, 7) is 2.03. The molecule has 23 heavy (non-hydrogen) atoms. The maximum absolute atomic E-state index is 12.4. The maximum Gasteiger partial charge on any atom is 0.356 e. The van der Waals surface area contributed by atoms with Gasteiger partial charge in [0.25, 0.3) is 5.91 Å². The number of benzene rings is 1. The zero-order chi connectivity index (χ0) is 16.4. The van der Waals surface area contributed by atoms with Crippen molar-refractivity contribution in [3.63, 3.8) is 0 Å². The number of esters is 1. The maximum atomic E-state index is 12.4. The molecule has 0 bridgehead atoms. The highest BCUT2D eigenvalue weighted by molar-refractivity contribution is 7.83. The summed E-state index contributed by atoms with van der Waals surface area (Å²) in [5.74, 6) is -0.825. The number of carbonyl (C=O) groups is 2. The summed E-state index contributed by atoms with van der Waals surface area (Å²) in [4.78, 5) is 28.7. The van der Waals surface area contributed by atoms with E-state index in [0.717, 1.165) is 0 Å². The molecule has 6 nitrogen and oxygen atoms in total. The average molecular weight is 330 g/mol. The molecule has 1 atom stereocenters. The molecule has 0 saturated carbocycles. The SMILES string of the molecule is CCOC(=O)c1cccc(CN2C(=O)c3ccccc3S2=O)n1. The minimum Gasteiger partial charge on any atom is -0.461 e. The lowest BCUT2D eigenvalue weighted by Gasteiger charge is -2.13. The van der Waals surface area contributed by atoms with Crippen molar-refractivity contribution < 1.29 is 18.5 Å². The van der Waals surface area contributed by atoms with Crippen molar-refractivity contribution in [2.24, 2.45) is 0 Å².